The van der Waals surface area contributed by atoms with Gasteiger partial charge in [0, 0.05) is 17.6 Å². The molecule has 6 nitrogen and oxygen atoms in total. The number of hydrogen-bond acceptors (Lipinski definition) is 5. The molecule has 1 aliphatic carbocycles. The number of rotatable bonds is 3. The monoisotopic (exact) mass is 314 g/mol. The molecule has 3 N–H and O–H groups in total. The van der Waals surface area contributed by atoms with Crippen LogP contribution < -0.4 is 10.5 Å². The average molecular weight is 314 g/mol. The molecule has 0 aromatic carbocycles. The quantitative estimate of drug-likeness (QED) is 0.904. The summed E-state index contributed by atoms with van der Waals surface area (Å²) in [5, 5.41) is 1.86. The predicted octanol–water partition coefficient (Wildman–Crippen LogP) is 1.83. The highest BCUT2D eigenvalue weighted by Gasteiger charge is 2.29. The average Bonchev–Trinajstić information content (AvgIpc) is 2.91. The highest BCUT2D eigenvalue weighted by atomic mass is 32.2. The topological polar surface area (TPSA) is 89.5 Å². The van der Waals surface area contributed by atoms with Gasteiger partial charge in [0.15, 0.2) is 15.8 Å². The first kappa shape index (κ1) is 13.8. The fraction of sp³-hybridized carbons (Fsp3) is 0.583. The Morgan fingerprint density at radius 2 is 2.10 bits per heavy atom. The van der Waals surface area contributed by atoms with Crippen molar-refractivity contribution < 1.29 is 8.42 Å². The van der Waals surface area contributed by atoms with Crippen LogP contribution in [0.3, 0.4) is 0 Å². The Morgan fingerprint density at radius 1 is 1.40 bits per heavy atom. The zero-order valence-electron chi connectivity index (χ0n) is 11.2. The molecule has 0 bridgehead atoms. The van der Waals surface area contributed by atoms with Crippen LogP contribution in [-0.2, 0) is 10.0 Å². The second-order valence-corrected chi connectivity index (χ2v) is 7.94. The number of nitrogens with zero attached hydrogens (tertiary/aromatic N) is 2. The van der Waals surface area contributed by atoms with Crippen molar-refractivity contribution in [2.24, 2.45) is 5.92 Å². The van der Waals surface area contributed by atoms with E-state index < -0.39 is 10.0 Å². The highest BCUT2D eigenvalue weighted by molar-refractivity contribution is 7.89. The second kappa shape index (κ2) is 5.01. The molecule has 0 spiro atoms. The Bertz CT molecular complexity index is 711. The van der Waals surface area contributed by atoms with E-state index in [1.807, 2.05) is 0 Å². The molecule has 1 fully saturated rings. The van der Waals surface area contributed by atoms with Gasteiger partial charge in [-0.3, -0.25) is 4.40 Å². The van der Waals surface area contributed by atoms with Gasteiger partial charge >= 0.3 is 0 Å². The fourth-order valence-corrected chi connectivity index (χ4v) is 4.99. The summed E-state index contributed by atoms with van der Waals surface area (Å²) in [6, 6.07) is -0.000198. The molecule has 0 atom stereocenters. The van der Waals surface area contributed by atoms with Gasteiger partial charge in [-0.15, -0.1) is 11.3 Å². The lowest BCUT2D eigenvalue weighted by molar-refractivity contribution is 0.332. The minimum Gasteiger partial charge on any atom is -0.381 e. The molecule has 3 rings (SSSR count). The largest absolute Gasteiger partial charge is 0.381 e. The molecule has 2 aromatic rings. The summed E-state index contributed by atoms with van der Waals surface area (Å²) in [6.07, 6.45) is 5.56. The number of sulfonamides is 1. The van der Waals surface area contributed by atoms with E-state index in [-0.39, 0.29) is 16.9 Å². The molecule has 0 radical (unpaired) electrons. The molecular weight excluding hydrogens is 296 g/mol. The first-order chi connectivity index (χ1) is 9.47. The number of hydrogen-bond donors (Lipinski definition) is 2. The Kier molecular flexibility index (Phi) is 3.47. The first-order valence-corrected chi connectivity index (χ1v) is 9.07. The van der Waals surface area contributed by atoms with Crippen LogP contribution in [-0.4, -0.2) is 23.8 Å². The third-order valence-corrected chi connectivity index (χ3v) is 6.15. The van der Waals surface area contributed by atoms with E-state index in [2.05, 4.69) is 16.6 Å². The van der Waals surface area contributed by atoms with Gasteiger partial charge in [-0.05, 0) is 31.6 Å². The van der Waals surface area contributed by atoms with Crippen LogP contribution in [0, 0.1) is 5.92 Å². The lowest BCUT2D eigenvalue weighted by atomic mass is 9.88. The van der Waals surface area contributed by atoms with Gasteiger partial charge in [-0.2, -0.15) is 0 Å². The molecule has 2 heterocycles. The van der Waals surface area contributed by atoms with Gasteiger partial charge in [-0.25, -0.2) is 18.1 Å². The Morgan fingerprint density at radius 3 is 2.80 bits per heavy atom. The summed E-state index contributed by atoms with van der Waals surface area (Å²) in [5.41, 5.74) is 5.77. The molecule has 110 valence electrons. The smallest absolute Gasteiger partial charge is 0.260 e. The second-order valence-electron chi connectivity index (χ2n) is 5.44. The van der Waals surface area contributed by atoms with Crippen molar-refractivity contribution in [3.8, 4) is 0 Å². The highest BCUT2D eigenvalue weighted by Crippen LogP contribution is 2.27. The predicted molar refractivity (Wildman–Crippen MR) is 79.2 cm³/mol. The van der Waals surface area contributed by atoms with Crippen LogP contribution >= 0.6 is 11.3 Å². The van der Waals surface area contributed by atoms with E-state index in [1.54, 1.807) is 11.6 Å². The normalized spacial score (nSPS) is 24.2. The number of thiazole rings is 1. The van der Waals surface area contributed by atoms with Crippen molar-refractivity contribution in [3.63, 3.8) is 0 Å². The molecule has 0 amide bonds. The molecule has 1 aliphatic rings. The number of aromatic nitrogens is 2. The summed E-state index contributed by atoms with van der Waals surface area (Å²) in [7, 11) is -3.63. The van der Waals surface area contributed by atoms with Crippen LogP contribution in [0.25, 0.3) is 4.96 Å². The third kappa shape index (κ3) is 2.43. The van der Waals surface area contributed by atoms with Crippen molar-refractivity contribution in [1.29, 1.82) is 0 Å². The summed E-state index contributed by atoms with van der Waals surface area (Å²) < 4.78 is 29.4. The maximum atomic E-state index is 12.5. The minimum absolute atomic E-state index is 0.000198. The molecular formula is C12H18N4O2S2. The number of imidazole rings is 1. The maximum Gasteiger partial charge on any atom is 0.260 e. The van der Waals surface area contributed by atoms with E-state index in [9.17, 15) is 8.42 Å². The lowest BCUT2D eigenvalue weighted by Crippen LogP contribution is -2.38. The Hall–Kier alpha value is -1.12. The van der Waals surface area contributed by atoms with Gasteiger partial charge < -0.3 is 5.73 Å². The van der Waals surface area contributed by atoms with Crippen molar-refractivity contribution >= 4 is 32.1 Å². The van der Waals surface area contributed by atoms with Crippen LogP contribution in [0.5, 0.6) is 0 Å². The molecule has 0 aliphatic heterocycles. The van der Waals surface area contributed by atoms with Gasteiger partial charge in [0.2, 0.25) is 0 Å². The standard InChI is InChI=1S/C12H18N4O2S2/c1-8-2-4-9(5-3-8)15-20(17,18)11-10(13)14-12-16(11)6-7-19-12/h6-9,15H,2-5,13H2,1H3. The summed E-state index contributed by atoms with van der Waals surface area (Å²) in [6.45, 7) is 2.20. The van der Waals surface area contributed by atoms with Crippen LogP contribution in [0.4, 0.5) is 5.82 Å². The molecule has 2 aromatic heterocycles. The molecule has 1 saturated carbocycles. The minimum atomic E-state index is -3.63. The van der Waals surface area contributed by atoms with Crippen LogP contribution in [0.2, 0.25) is 0 Å². The van der Waals surface area contributed by atoms with Gasteiger partial charge in [-0.1, -0.05) is 6.92 Å². The fourth-order valence-electron chi connectivity index (χ4n) is 2.70. The van der Waals surface area contributed by atoms with Crippen LogP contribution in [0.15, 0.2) is 16.6 Å². The van der Waals surface area contributed by atoms with Crippen molar-refractivity contribution in [2.75, 3.05) is 5.73 Å². The summed E-state index contributed by atoms with van der Waals surface area (Å²) in [4.78, 5) is 4.68. The number of nitrogens with two attached hydrogens (primary N) is 1. The molecule has 20 heavy (non-hydrogen) atoms. The van der Waals surface area contributed by atoms with Crippen molar-refractivity contribution in [3.05, 3.63) is 11.6 Å². The summed E-state index contributed by atoms with van der Waals surface area (Å²) in [5.74, 6) is 0.743. The number of nitrogen functional groups attached to an aromatic ring is 1. The van der Waals surface area contributed by atoms with Crippen molar-refractivity contribution in [2.45, 2.75) is 43.7 Å². The maximum absolute atomic E-state index is 12.5. The Balaban J connectivity index is 1.88. The molecule has 8 heteroatoms. The molecule has 0 unspecified atom stereocenters. The first-order valence-electron chi connectivity index (χ1n) is 6.71. The zero-order valence-corrected chi connectivity index (χ0v) is 12.9. The van der Waals surface area contributed by atoms with E-state index in [1.165, 1.54) is 15.7 Å². The van der Waals surface area contributed by atoms with E-state index in [0.29, 0.717) is 10.9 Å². The van der Waals surface area contributed by atoms with Gasteiger partial charge in [0.25, 0.3) is 10.0 Å². The number of fused-ring (bicyclic) bond motifs is 1. The van der Waals surface area contributed by atoms with Crippen molar-refractivity contribution in [1.82, 2.24) is 14.1 Å². The summed E-state index contributed by atoms with van der Waals surface area (Å²) >= 11 is 1.36. The van der Waals surface area contributed by atoms with Crippen LogP contribution in [0.1, 0.15) is 32.6 Å². The zero-order chi connectivity index (χ0) is 14.3. The lowest BCUT2D eigenvalue weighted by Gasteiger charge is -2.26. The van der Waals surface area contributed by atoms with E-state index in [4.69, 9.17) is 5.73 Å². The Labute approximate surface area is 122 Å². The van der Waals surface area contributed by atoms with Gasteiger partial charge in [0.1, 0.15) is 0 Å². The number of nitrogens with one attached hydrogen (secondary N) is 1. The molecule has 0 saturated heterocycles. The van der Waals surface area contributed by atoms with E-state index >= 15 is 0 Å². The van der Waals surface area contributed by atoms with Gasteiger partial charge in [0.05, 0.1) is 0 Å². The third-order valence-electron chi connectivity index (χ3n) is 3.84. The number of anilines is 1. The van der Waals surface area contributed by atoms with E-state index in [0.717, 1.165) is 25.7 Å². The SMILES string of the molecule is CC1CCC(NS(=O)(=O)c2c(N)nc3sccn23)CC1.